The average molecular weight is 406 g/mol. The fourth-order valence-corrected chi connectivity index (χ4v) is 5.59. The molecule has 0 spiro atoms. The van der Waals surface area contributed by atoms with Crippen LogP contribution in [-0.4, -0.2) is 32.2 Å². The maximum absolute atomic E-state index is 12.7. The lowest BCUT2D eigenvalue weighted by molar-refractivity contribution is -0.139. The molecule has 0 amide bonds. The minimum atomic E-state index is -3.16. The van der Waals surface area contributed by atoms with Crippen molar-refractivity contribution in [2.75, 3.05) is 6.66 Å². The third-order valence-electron chi connectivity index (χ3n) is 4.85. The SMILES string of the molecule is B[C@H]1C[C@H](/C=C/C(=O)OCc2ccccc2)C(C)[C@@H]1OP(C)(=O)OC(C)(C)C. The fraction of sp³-hybridized carbons (Fsp3) is 0.571. The Morgan fingerprint density at radius 1 is 1.29 bits per heavy atom. The Labute approximate surface area is 169 Å². The molecule has 0 bridgehead atoms. The van der Waals surface area contributed by atoms with Gasteiger partial charge in [-0.25, -0.2) is 4.79 Å². The third kappa shape index (κ3) is 7.23. The number of esters is 1. The van der Waals surface area contributed by atoms with Crippen LogP contribution in [0.15, 0.2) is 42.5 Å². The van der Waals surface area contributed by atoms with Gasteiger partial charge in [-0.2, -0.15) is 0 Å². The third-order valence-corrected chi connectivity index (χ3v) is 6.36. The Morgan fingerprint density at radius 3 is 2.54 bits per heavy atom. The van der Waals surface area contributed by atoms with Crippen LogP contribution in [0.4, 0.5) is 0 Å². The van der Waals surface area contributed by atoms with Gasteiger partial charge in [0.05, 0.1) is 11.7 Å². The Morgan fingerprint density at radius 2 is 1.93 bits per heavy atom. The molecule has 0 saturated heterocycles. The lowest BCUT2D eigenvalue weighted by atomic mass is 9.83. The molecule has 0 aromatic heterocycles. The molecule has 154 valence electrons. The summed E-state index contributed by atoms with van der Waals surface area (Å²) in [6, 6.07) is 9.59. The van der Waals surface area contributed by atoms with Gasteiger partial charge < -0.3 is 13.8 Å². The summed E-state index contributed by atoms with van der Waals surface area (Å²) in [7, 11) is -1.08. The molecule has 1 saturated carbocycles. The monoisotopic (exact) mass is 406 g/mol. The van der Waals surface area contributed by atoms with Crippen LogP contribution in [0.1, 0.15) is 39.7 Å². The predicted molar refractivity (Wildman–Crippen MR) is 114 cm³/mol. The highest BCUT2D eigenvalue weighted by atomic mass is 31.2. The summed E-state index contributed by atoms with van der Waals surface area (Å²) < 4.78 is 29.6. The van der Waals surface area contributed by atoms with Crippen LogP contribution in [0.5, 0.6) is 0 Å². The van der Waals surface area contributed by atoms with E-state index in [2.05, 4.69) is 14.8 Å². The van der Waals surface area contributed by atoms with Crippen molar-refractivity contribution >= 4 is 21.4 Å². The van der Waals surface area contributed by atoms with E-state index in [1.807, 2.05) is 57.2 Å². The second-order valence-electron chi connectivity index (χ2n) is 8.73. The second-order valence-corrected chi connectivity index (χ2v) is 10.7. The van der Waals surface area contributed by atoms with Gasteiger partial charge in [-0.05, 0) is 50.4 Å². The molecule has 0 aliphatic heterocycles. The van der Waals surface area contributed by atoms with Crippen molar-refractivity contribution in [3.63, 3.8) is 0 Å². The van der Waals surface area contributed by atoms with Gasteiger partial charge in [0.25, 0.3) is 0 Å². The minimum absolute atomic E-state index is 0.130. The highest BCUT2D eigenvalue weighted by Crippen LogP contribution is 2.54. The van der Waals surface area contributed by atoms with Gasteiger partial charge in [0, 0.05) is 12.7 Å². The first-order valence-electron chi connectivity index (χ1n) is 9.82. The first-order chi connectivity index (χ1) is 13.0. The lowest BCUT2D eigenvalue weighted by Gasteiger charge is -2.30. The Bertz CT molecular complexity index is 728. The first kappa shape index (κ1) is 22.9. The average Bonchev–Trinajstić information content (AvgIpc) is 2.84. The zero-order valence-electron chi connectivity index (χ0n) is 17.8. The van der Waals surface area contributed by atoms with Crippen molar-refractivity contribution in [1.82, 2.24) is 0 Å². The summed E-state index contributed by atoms with van der Waals surface area (Å²) in [6.45, 7) is 9.44. The van der Waals surface area contributed by atoms with Gasteiger partial charge in [0.1, 0.15) is 14.5 Å². The molecule has 0 radical (unpaired) electrons. The predicted octanol–water partition coefficient (Wildman–Crippen LogP) is 4.39. The van der Waals surface area contributed by atoms with E-state index in [0.717, 1.165) is 12.0 Å². The molecule has 28 heavy (non-hydrogen) atoms. The van der Waals surface area contributed by atoms with E-state index in [1.54, 1.807) is 0 Å². The molecule has 1 aliphatic carbocycles. The van der Waals surface area contributed by atoms with Crippen molar-refractivity contribution in [1.29, 1.82) is 0 Å². The number of rotatable bonds is 7. The molecular formula is C21H32BO5P. The van der Waals surface area contributed by atoms with Gasteiger partial charge in [-0.15, -0.1) is 0 Å². The van der Waals surface area contributed by atoms with Crippen LogP contribution in [0.2, 0.25) is 5.82 Å². The van der Waals surface area contributed by atoms with Crippen molar-refractivity contribution in [2.45, 2.75) is 58.2 Å². The topological polar surface area (TPSA) is 61.8 Å². The summed E-state index contributed by atoms with van der Waals surface area (Å²) in [5.74, 6) is 0.163. The van der Waals surface area contributed by atoms with E-state index < -0.39 is 13.2 Å². The van der Waals surface area contributed by atoms with Crippen LogP contribution < -0.4 is 0 Å². The molecule has 2 unspecified atom stereocenters. The number of carbonyl (C=O) groups excluding carboxylic acids is 1. The Hall–Kier alpha value is -1.36. The molecule has 1 aliphatic rings. The molecule has 1 aromatic carbocycles. The Kier molecular flexibility index (Phi) is 7.72. The summed E-state index contributed by atoms with van der Waals surface area (Å²) in [6.07, 6.45) is 4.08. The second kappa shape index (κ2) is 9.43. The first-order valence-corrected chi connectivity index (χ1v) is 11.8. The van der Waals surface area contributed by atoms with Gasteiger partial charge in [-0.1, -0.05) is 43.3 Å². The molecule has 1 aromatic rings. The molecule has 5 nitrogen and oxygen atoms in total. The summed E-state index contributed by atoms with van der Waals surface area (Å²) in [5, 5.41) is 0. The van der Waals surface area contributed by atoms with Gasteiger partial charge in [0.2, 0.25) is 0 Å². The normalized spacial score (nSPS) is 27.6. The standard InChI is InChI=1S/C21H32BO5P/c1-15-17(11-12-19(23)25-14-16-9-7-6-8-10-16)13-18(22)20(15)26-28(5,24)27-21(2,3)4/h6-12,15,17-18,20H,13-14,22H2,1-5H3/b12-11+/t15?,17-,18-,20-,28?/m0/s1. The van der Waals surface area contributed by atoms with E-state index in [-0.39, 0.29) is 36.3 Å². The zero-order valence-corrected chi connectivity index (χ0v) is 18.6. The molecule has 1 fully saturated rings. The van der Waals surface area contributed by atoms with Crippen LogP contribution in [0.25, 0.3) is 0 Å². The molecular weight excluding hydrogens is 374 g/mol. The number of allylic oxidation sites excluding steroid dienone is 1. The lowest BCUT2D eigenvalue weighted by Crippen LogP contribution is -2.24. The van der Waals surface area contributed by atoms with E-state index in [9.17, 15) is 9.36 Å². The summed E-state index contributed by atoms with van der Waals surface area (Å²) in [5.41, 5.74) is 0.426. The van der Waals surface area contributed by atoms with Gasteiger partial charge in [0.15, 0.2) is 0 Å². The van der Waals surface area contributed by atoms with Crippen LogP contribution in [-0.2, 0) is 29.8 Å². The minimum Gasteiger partial charge on any atom is -0.458 e. The molecule has 0 heterocycles. The van der Waals surface area contributed by atoms with Crippen molar-refractivity contribution in [2.24, 2.45) is 11.8 Å². The van der Waals surface area contributed by atoms with Gasteiger partial charge in [-0.3, -0.25) is 4.57 Å². The van der Waals surface area contributed by atoms with Crippen molar-refractivity contribution < 1.29 is 23.1 Å². The zero-order chi connectivity index (χ0) is 20.9. The summed E-state index contributed by atoms with van der Waals surface area (Å²) in [4.78, 5) is 12.0. The van der Waals surface area contributed by atoms with Crippen LogP contribution >= 0.6 is 7.60 Å². The number of hydrogen-bond donors (Lipinski definition) is 0. The number of ether oxygens (including phenoxy) is 1. The molecule has 2 rings (SSSR count). The van der Waals surface area contributed by atoms with Crippen molar-refractivity contribution in [3.05, 3.63) is 48.0 Å². The van der Waals surface area contributed by atoms with Crippen LogP contribution in [0, 0.1) is 11.8 Å². The smallest absolute Gasteiger partial charge is 0.330 e. The Balaban J connectivity index is 1.90. The van der Waals surface area contributed by atoms with Crippen molar-refractivity contribution in [3.8, 4) is 0 Å². The number of benzene rings is 1. The largest absolute Gasteiger partial charge is 0.458 e. The van der Waals surface area contributed by atoms with Crippen LogP contribution in [0.3, 0.4) is 0 Å². The quantitative estimate of drug-likeness (QED) is 0.291. The molecule has 0 N–H and O–H groups in total. The van der Waals surface area contributed by atoms with E-state index >= 15 is 0 Å². The highest BCUT2D eigenvalue weighted by molar-refractivity contribution is 7.53. The highest BCUT2D eigenvalue weighted by Gasteiger charge is 2.41. The van der Waals surface area contributed by atoms with E-state index in [4.69, 9.17) is 13.8 Å². The number of hydrogen-bond acceptors (Lipinski definition) is 5. The maximum Gasteiger partial charge on any atom is 0.330 e. The molecule has 5 atom stereocenters. The maximum atomic E-state index is 12.7. The molecule has 7 heteroatoms. The summed E-state index contributed by atoms with van der Waals surface area (Å²) >= 11 is 0. The number of carbonyl (C=O) groups is 1. The van der Waals surface area contributed by atoms with E-state index in [0.29, 0.717) is 0 Å². The van der Waals surface area contributed by atoms with Gasteiger partial charge >= 0.3 is 13.6 Å². The fourth-order valence-electron chi connectivity index (χ4n) is 3.71. The van der Waals surface area contributed by atoms with E-state index in [1.165, 1.54) is 12.7 Å².